The van der Waals surface area contributed by atoms with Crippen molar-refractivity contribution in [3.05, 3.63) is 0 Å². The van der Waals surface area contributed by atoms with Crippen molar-refractivity contribution in [2.75, 3.05) is 18.1 Å². The molecule has 0 aromatic carbocycles. The van der Waals surface area contributed by atoms with E-state index in [1.807, 2.05) is 23.6 Å². The highest BCUT2D eigenvalue weighted by Gasteiger charge is 2.22. The largest absolute Gasteiger partial charge is 0.338 e. The molecule has 3 nitrogen and oxygen atoms in total. The first-order chi connectivity index (χ1) is 6.61. The second kappa shape index (κ2) is 5.61. The van der Waals surface area contributed by atoms with Gasteiger partial charge < -0.3 is 10.6 Å². The number of carbonyl (C=O) groups excluding carboxylic acids is 1. The summed E-state index contributed by atoms with van der Waals surface area (Å²) < 4.78 is 0. The summed E-state index contributed by atoms with van der Waals surface area (Å²) in [7, 11) is 0. The maximum absolute atomic E-state index is 11.8. The lowest BCUT2D eigenvalue weighted by Crippen LogP contribution is -2.44. The van der Waals surface area contributed by atoms with Crippen molar-refractivity contribution in [3.63, 3.8) is 0 Å². The number of carbonyl (C=O) groups is 1. The fourth-order valence-corrected chi connectivity index (χ4v) is 2.61. The van der Waals surface area contributed by atoms with Gasteiger partial charge in [0.05, 0.1) is 0 Å². The molecule has 2 atom stereocenters. The number of thioether (sulfide) groups is 1. The molecule has 1 fully saturated rings. The fourth-order valence-electron chi connectivity index (χ4n) is 1.59. The van der Waals surface area contributed by atoms with Crippen molar-refractivity contribution in [3.8, 4) is 0 Å². The van der Waals surface area contributed by atoms with Gasteiger partial charge >= 0.3 is 0 Å². The summed E-state index contributed by atoms with van der Waals surface area (Å²) in [5.74, 6) is 2.42. The Kier molecular flexibility index (Phi) is 4.75. The second-order valence-corrected chi connectivity index (χ2v) is 5.18. The lowest BCUT2D eigenvalue weighted by atomic mass is 10.1. The molecule has 1 aliphatic heterocycles. The normalized spacial score (nSPS) is 24.8. The standard InChI is InChI=1S/C10H20N2OS/c1-8(11)3-4-10(13)12-5-6-14-7-9(12)2/h8-9H,3-7,11H2,1-2H3. The maximum atomic E-state index is 11.8. The lowest BCUT2D eigenvalue weighted by molar-refractivity contribution is -0.132. The van der Waals surface area contributed by atoms with Crippen LogP contribution in [0.5, 0.6) is 0 Å². The van der Waals surface area contributed by atoms with Gasteiger partial charge in [-0.1, -0.05) is 0 Å². The van der Waals surface area contributed by atoms with E-state index in [0.717, 1.165) is 24.5 Å². The third kappa shape index (κ3) is 3.50. The van der Waals surface area contributed by atoms with E-state index in [2.05, 4.69) is 6.92 Å². The van der Waals surface area contributed by atoms with Crippen molar-refractivity contribution >= 4 is 17.7 Å². The summed E-state index contributed by atoms with van der Waals surface area (Å²) in [5.41, 5.74) is 5.63. The Labute approximate surface area is 90.4 Å². The Bertz CT molecular complexity index is 197. The summed E-state index contributed by atoms with van der Waals surface area (Å²) in [6.45, 7) is 4.97. The predicted octanol–water partition coefficient (Wildman–Crippen LogP) is 1.08. The van der Waals surface area contributed by atoms with Crippen LogP contribution >= 0.6 is 11.8 Å². The maximum Gasteiger partial charge on any atom is 0.222 e. The van der Waals surface area contributed by atoms with E-state index in [4.69, 9.17) is 5.73 Å². The molecular weight excluding hydrogens is 196 g/mol. The molecule has 2 unspecified atom stereocenters. The van der Waals surface area contributed by atoms with Crippen LogP contribution in [0.4, 0.5) is 0 Å². The van der Waals surface area contributed by atoms with Crippen molar-refractivity contribution in [2.24, 2.45) is 5.73 Å². The summed E-state index contributed by atoms with van der Waals surface area (Å²) in [6.07, 6.45) is 1.40. The van der Waals surface area contributed by atoms with Gasteiger partial charge in [0.1, 0.15) is 0 Å². The highest BCUT2D eigenvalue weighted by Crippen LogP contribution is 2.17. The molecule has 1 heterocycles. The van der Waals surface area contributed by atoms with Crippen LogP contribution in [0.15, 0.2) is 0 Å². The molecule has 1 rings (SSSR count). The zero-order valence-electron chi connectivity index (χ0n) is 9.03. The second-order valence-electron chi connectivity index (χ2n) is 4.03. The number of nitrogens with zero attached hydrogens (tertiary/aromatic N) is 1. The smallest absolute Gasteiger partial charge is 0.222 e. The van der Waals surface area contributed by atoms with Crippen LogP contribution in [0.25, 0.3) is 0 Å². The third-order valence-electron chi connectivity index (χ3n) is 2.50. The number of nitrogens with two attached hydrogens (primary N) is 1. The van der Waals surface area contributed by atoms with Crippen LogP contribution < -0.4 is 5.73 Å². The molecule has 0 aliphatic carbocycles. The molecule has 1 amide bonds. The number of hydrogen-bond acceptors (Lipinski definition) is 3. The Morgan fingerprint density at radius 2 is 2.43 bits per heavy atom. The van der Waals surface area contributed by atoms with E-state index in [1.165, 1.54) is 0 Å². The molecule has 82 valence electrons. The van der Waals surface area contributed by atoms with Gasteiger partial charge in [0.25, 0.3) is 0 Å². The minimum Gasteiger partial charge on any atom is -0.338 e. The van der Waals surface area contributed by atoms with E-state index in [-0.39, 0.29) is 11.9 Å². The zero-order chi connectivity index (χ0) is 10.6. The Hall–Kier alpha value is -0.220. The predicted molar refractivity (Wildman–Crippen MR) is 61.4 cm³/mol. The van der Waals surface area contributed by atoms with Crippen molar-refractivity contribution in [2.45, 2.75) is 38.8 Å². The van der Waals surface area contributed by atoms with Crippen LogP contribution in [0.3, 0.4) is 0 Å². The molecule has 0 radical (unpaired) electrons. The van der Waals surface area contributed by atoms with Gasteiger partial charge in [-0.2, -0.15) is 11.8 Å². The topological polar surface area (TPSA) is 46.3 Å². The summed E-state index contributed by atoms with van der Waals surface area (Å²) in [6, 6.07) is 0.530. The molecule has 2 N–H and O–H groups in total. The SMILES string of the molecule is CC(N)CCC(=O)N1CCSCC1C. The first kappa shape index (κ1) is 11.9. The van der Waals surface area contributed by atoms with Crippen LogP contribution in [-0.2, 0) is 4.79 Å². The number of hydrogen-bond donors (Lipinski definition) is 1. The first-order valence-corrected chi connectivity index (χ1v) is 6.39. The van der Waals surface area contributed by atoms with E-state index < -0.39 is 0 Å². The molecule has 4 heteroatoms. The lowest BCUT2D eigenvalue weighted by Gasteiger charge is -2.33. The van der Waals surface area contributed by atoms with Gasteiger partial charge in [-0.05, 0) is 20.3 Å². The minimum absolute atomic E-state index is 0.133. The van der Waals surface area contributed by atoms with Gasteiger partial charge in [0.15, 0.2) is 0 Å². The number of amides is 1. The molecule has 0 aromatic rings. The molecule has 0 aromatic heterocycles. The van der Waals surface area contributed by atoms with Crippen molar-refractivity contribution in [1.82, 2.24) is 4.90 Å². The monoisotopic (exact) mass is 216 g/mol. The van der Waals surface area contributed by atoms with Gasteiger partial charge in [0, 0.05) is 36.6 Å². The van der Waals surface area contributed by atoms with Crippen molar-refractivity contribution in [1.29, 1.82) is 0 Å². The highest BCUT2D eigenvalue weighted by molar-refractivity contribution is 7.99. The third-order valence-corrected chi connectivity index (χ3v) is 3.69. The van der Waals surface area contributed by atoms with Gasteiger partial charge in [-0.3, -0.25) is 4.79 Å². The Balaban J connectivity index is 2.34. The van der Waals surface area contributed by atoms with Crippen LogP contribution in [0.1, 0.15) is 26.7 Å². The minimum atomic E-state index is 0.133. The first-order valence-electron chi connectivity index (χ1n) is 5.24. The molecule has 1 aliphatic rings. The van der Waals surface area contributed by atoms with E-state index in [0.29, 0.717) is 12.5 Å². The van der Waals surface area contributed by atoms with Gasteiger partial charge in [-0.15, -0.1) is 0 Å². The van der Waals surface area contributed by atoms with E-state index >= 15 is 0 Å². The highest BCUT2D eigenvalue weighted by atomic mass is 32.2. The Morgan fingerprint density at radius 1 is 1.71 bits per heavy atom. The molecular formula is C10H20N2OS. The van der Waals surface area contributed by atoms with E-state index in [9.17, 15) is 4.79 Å². The average Bonchev–Trinajstić information content (AvgIpc) is 2.15. The van der Waals surface area contributed by atoms with Gasteiger partial charge in [0.2, 0.25) is 5.91 Å². The van der Waals surface area contributed by atoms with E-state index in [1.54, 1.807) is 0 Å². The van der Waals surface area contributed by atoms with Crippen molar-refractivity contribution < 1.29 is 4.79 Å². The summed E-state index contributed by atoms with van der Waals surface area (Å²) in [5, 5.41) is 0. The van der Waals surface area contributed by atoms with Crippen LogP contribution in [0.2, 0.25) is 0 Å². The molecule has 1 saturated heterocycles. The quantitative estimate of drug-likeness (QED) is 0.768. The molecule has 0 saturated carbocycles. The van der Waals surface area contributed by atoms with Crippen LogP contribution in [0, 0.1) is 0 Å². The summed E-state index contributed by atoms with van der Waals surface area (Å²) >= 11 is 1.93. The fraction of sp³-hybridized carbons (Fsp3) is 0.900. The molecule has 14 heavy (non-hydrogen) atoms. The van der Waals surface area contributed by atoms with Gasteiger partial charge in [-0.25, -0.2) is 0 Å². The van der Waals surface area contributed by atoms with Crippen LogP contribution in [-0.4, -0.2) is 40.9 Å². The zero-order valence-corrected chi connectivity index (χ0v) is 9.85. The Morgan fingerprint density at radius 3 is 3.00 bits per heavy atom. The molecule has 0 spiro atoms. The number of rotatable bonds is 3. The summed E-state index contributed by atoms with van der Waals surface area (Å²) in [4.78, 5) is 13.8. The molecule has 0 bridgehead atoms. The average molecular weight is 216 g/mol.